The molecule has 0 saturated carbocycles. The van der Waals surface area contributed by atoms with Gasteiger partial charge in [-0.25, -0.2) is 4.68 Å². The molecule has 0 unspecified atom stereocenters. The molecular weight excluding hydrogens is 274 g/mol. The zero-order chi connectivity index (χ0) is 15.4. The van der Waals surface area contributed by atoms with E-state index in [9.17, 15) is 9.59 Å². The number of carbonyl (C=O) groups is 2. The van der Waals surface area contributed by atoms with Gasteiger partial charge in [-0.1, -0.05) is 0 Å². The van der Waals surface area contributed by atoms with Gasteiger partial charge in [-0.05, 0) is 19.9 Å². The maximum Gasteiger partial charge on any atom is 0.325 e. The average molecular weight is 291 g/mol. The number of amides is 1. The minimum atomic E-state index is -1.05. The minimum Gasteiger partial charge on any atom is -0.480 e. The summed E-state index contributed by atoms with van der Waals surface area (Å²) in [6.07, 6.45) is 3.28. The monoisotopic (exact) mass is 291 g/mol. The minimum absolute atomic E-state index is 0.220. The third-order valence-electron chi connectivity index (χ3n) is 3.05. The predicted octanol–water partition coefficient (Wildman–Crippen LogP) is 0.423. The molecule has 8 nitrogen and oxygen atoms in total. The van der Waals surface area contributed by atoms with Gasteiger partial charge in [0.05, 0.1) is 5.69 Å². The number of carbonyl (C=O) groups excluding carboxylic acids is 1. The van der Waals surface area contributed by atoms with Gasteiger partial charge in [0.25, 0.3) is 5.91 Å². The Morgan fingerprint density at radius 1 is 1.43 bits per heavy atom. The molecule has 0 atom stereocenters. The Balaban J connectivity index is 2.03. The molecule has 1 amide bonds. The van der Waals surface area contributed by atoms with E-state index in [1.807, 2.05) is 20.0 Å². The van der Waals surface area contributed by atoms with E-state index in [-0.39, 0.29) is 18.1 Å². The SMILES string of the molecule is CCn1cc(CNC(=O)c2ccnn2CC(=O)O)c(C)n1. The van der Waals surface area contributed by atoms with Crippen LogP contribution in [0.15, 0.2) is 18.5 Å². The second kappa shape index (κ2) is 6.21. The molecule has 8 heteroatoms. The van der Waals surface area contributed by atoms with Gasteiger partial charge in [0.2, 0.25) is 0 Å². The quantitative estimate of drug-likeness (QED) is 0.803. The summed E-state index contributed by atoms with van der Waals surface area (Å²) in [5.41, 5.74) is 2.00. The third kappa shape index (κ3) is 3.47. The molecule has 112 valence electrons. The number of carboxylic acids is 1. The summed E-state index contributed by atoms with van der Waals surface area (Å²) in [5, 5.41) is 19.6. The normalized spacial score (nSPS) is 10.6. The molecule has 0 radical (unpaired) electrons. The average Bonchev–Trinajstić information content (AvgIpc) is 3.02. The molecule has 2 aromatic rings. The Hall–Kier alpha value is -2.64. The van der Waals surface area contributed by atoms with E-state index in [0.29, 0.717) is 6.54 Å². The Labute approximate surface area is 121 Å². The van der Waals surface area contributed by atoms with Gasteiger partial charge in [0.15, 0.2) is 0 Å². The van der Waals surface area contributed by atoms with Crippen molar-refractivity contribution in [3.8, 4) is 0 Å². The fourth-order valence-corrected chi connectivity index (χ4v) is 1.94. The lowest BCUT2D eigenvalue weighted by atomic mass is 10.2. The summed E-state index contributed by atoms with van der Waals surface area (Å²) in [6.45, 7) is 4.62. The van der Waals surface area contributed by atoms with Crippen molar-refractivity contribution in [1.82, 2.24) is 24.9 Å². The topological polar surface area (TPSA) is 102 Å². The molecule has 0 fully saturated rings. The highest BCUT2D eigenvalue weighted by Crippen LogP contribution is 2.06. The lowest BCUT2D eigenvalue weighted by Gasteiger charge is -2.06. The zero-order valence-electron chi connectivity index (χ0n) is 11.9. The van der Waals surface area contributed by atoms with Gasteiger partial charge in [-0.3, -0.25) is 14.3 Å². The Morgan fingerprint density at radius 2 is 2.19 bits per heavy atom. The molecule has 0 aliphatic carbocycles. The summed E-state index contributed by atoms with van der Waals surface area (Å²) in [7, 11) is 0. The number of aryl methyl sites for hydroxylation is 2. The van der Waals surface area contributed by atoms with Crippen LogP contribution in [0.3, 0.4) is 0 Å². The van der Waals surface area contributed by atoms with Crippen molar-refractivity contribution in [2.75, 3.05) is 0 Å². The van der Waals surface area contributed by atoms with Gasteiger partial charge in [-0.15, -0.1) is 0 Å². The number of hydrogen-bond acceptors (Lipinski definition) is 4. The van der Waals surface area contributed by atoms with E-state index < -0.39 is 5.97 Å². The van der Waals surface area contributed by atoms with Crippen molar-refractivity contribution in [2.24, 2.45) is 0 Å². The van der Waals surface area contributed by atoms with Gasteiger partial charge < -0.3 is 10.4 Å². The highest BCUT2D eigenvalue weighted by molar-refractivity contribution is 5.92. The number of carboxylic acid groups (broad SMARTS) is 1. The van der Waals surface area contributed by atoms with Crippen LogP contribution in [-0.2, 0) is 24.4 Å². The molecule has 2 aromatic heterocycles. The largest absolute Gasteiger partial charge is 0.480 e. The zero-order valence-corrected chi connectivity index (χ0v) is 11.9. The third-order valence-corrected chi connectivity index (χ3v) is 3.05. The first-order chi connectivity index (χ1) is 10.0. The molecule has 0 bridgehead atoms. The van der Waals surface area contributed by atoms with Crippen LogP contribution in [-0.4, -0.2) is 36.5 Å². The molecule has 21 heavy (non-hydrogen) atoms. The van der Waals surface area contributed by atoms with E-state index >= 15 is 0 Å². The number of rotatable bonds is 6. The van der Waals surface area contributed by atoms with Crippen LogP contribution in [0.2, 0.25) is 0 Å². The van der Waals surface area contributed by atoms with Crippen molar-refractivity contribution >= 4 is 11.9 Å². The Kier molecular flexibility index (Phi) is 4.36. The highest BCUT2D eigenvalue weighted by Gasteiger charge is 2.14. The van der Waals surface area contributed by atoms with Crippen LogP contribution < -0.4 is 5.32 Å². The lowest BCUT2D eigenvalue weighted by molar-refractivity contribution is -0.137. The molecule has 0 aliphatic rings. The van der Waals surface area contributed by atoms with Crippen LogP contribution in [0, 0.1) is 6.92 Å². The molecule has 0 aromatic carbocycles. The summed E-state index contributed by atoms with van der Waals surface area (Å²) in [6, 6.07) is 1.49. The van der Waals surface area contributed by atoms with Crippen LogP contribution in [0.1, 0.15) is 28.7 Å². The number of aromatic nitrogens is 4. The molecule has 2 heterocycles. The first-order valence-corrected chi connectivity index (χ1v) is 6.56. The maximum absolute atomic E-state index is 12.1. The van der Waals surface area contributed by atoms with Gasteiger partial charge in [0, 0.05) is 31.0 Å². The first kappa shape index (κ1) is 14.8. The molecule has 0 saturated heterocycles. The molecule has 2 rings (SSSR count). The van der Waals surface area contributed by atoms with Gasteiger partial charge in [-0.2, -0.15) is 10.2 Å². The van der Waals surface area contributed by atoms with Crippen LogP contribution >= 0.6 is 0 Å². The number of hydrogen-bond donors (Lipinski definition) is 2. The van der Waals surface area contributed by atoms with Gasteiger partial charge >= 0.3 is 5.97 Å². The van der Waals surface area contributed by atoms with Crippen molar-refractivity contribution in [3.63, 3.8) is 0 Å². The maximum atomic E-state index is 12.1. The number of nitrogens with one attached hydrogen (secondary N) is 1. The summed E-state index contributed by atoms with van der Waals surface area (Å²) in [5.74, 6) is -1.41. The standard InChI is InChI=1S/C13H17N5O3/c1-3-17-7-10(9(2)16-17)6-14-13(21)11-4-5-15-18(11)8-12(19)20/h4-5,7H,3,6,8H2,1-2H3,(H,14,21)(H,19,20). The fourth-order valence-electron chi connectivity index (χ4n) is 1.94. The molecule has 0 spiro atoms. The van der Waals surface area contributed by atoms with E-state index in [1.165, 1.54) is 12.3 Å². The molecule has 0 aliphatic heterocycles. The van der Waals surface area contributed by atoms with Crippen LogP contribution in [0.4, 0.5) is 0 Å². The molecular formula is C13H17N5O3. The van der Waals surface area contributed by atoms with Crippen molar-refractivity contribution < 1.29 is 14.7 Å². The Bertz CT molecular complexity index is 659. The summed E-state index contributed by atoms with van der Waals surface area (Å²) >= 11 is 0. The second-order valence-corrected chi connectivity index (χ2v) is 4.55. The first-order valence-electron chi connectivity index (χ1n) is 6.56. The van der Waals surface area contributed by atoms with Crippen molar-refractivity contribution in [1.29, 1.82) is 0 Å². The Morgan fingerprint density at radius 3 is 2.81 bits per heavy atom. The van der Waals surface area contributed by atoms with Crippen molar-refractivity contribution in [2.45, 2.75) is 33.5 Å². The van der Waals surface area contributed by atoms with Crippen LogP contribution in [0.25, 0.3) is 0 Å². The second-order valence-electron chi connectivity index (χ2n) is 4.55. The van der Waals surface area contributed by atoms with Crippen LogP contribution in [0.5, 0.6) is 0 Å². The van der Waals surface area contributed by atoms with Gasteiger partial charge in [0.1, 0.15) is 12.2 Å². The highest BCUT2D eigenvalue weighted by atomic mass is 16.4. The smallest absolute Gasteiger partial charge is 0.325 e. The van der Waals surface area contributed by atoms with E-state index in [1.54, 1.807) is 4.68 Å². The molecule has 2 N–H and O–H groups in total. The number of nitrogens with zero attached hydrogens (tertiary/aromatic N) is 4. The summed E-state index contributed by atoms with van der Waals surface area (Å²) < 4.78 is 2.95. The fraction of sp³-hybridized carbons (Fsp3) is 0.385. The van der Waals surface area contributed by atoms with E-state index in [4.69, 9.17) is 5.11 Å². The summed E-state index contributed by atoms with van der Waals surface area (Å²) in [4.78, 5) is 22.8. The predicted molar refractivity (Wildman–Crippen MR) is 73.7 cm³/mol. The van der Waals surface area contributed by atoms with Crippen molar-refractivity contribution in [3.05, 3.63) is 35.4 Å². The number of aliphatic carboxylic acids is 1. The van der Waals surface area contributed by atoms with E-state index in [2.05, 4.69) is 15.5 Å². The van der Waals surface area contributed by atoms with E-state index in [0.717, 1.165) is 22.5 Å². The lowest BCUT2D eigenvalue weighted by Crippen LogP contribution is -2.27.